The molecule has 0 saturated heterocycles. The predicted molar refractivity (Wildman–Crippen MR) is 387 cm³/mol. The number of unbranched alkanes of at least 4 members (excludes halogenated alkanes) is 48. The maximum absolute atomic E-state index is 12.1. The van der Waals surface area contributed by atoms with Crippen LogP contribution in [0.25, 0.3) is 21.5 Å². The summed E-state index contributed by atoms with van der Waals surface area (Å²) in [4.78, 5) is -0.123. The Morgan fingerprint density at radius 1 is 0.247 bits per heavy atom. The Hall–Kier alpha value is -1.21. The van der Waals surface area contributed by atoms with Gasteiger partial charge < -0.3 is 9.11 Å². The fraction of sp³-hybridized carbons (Fsp3) is 0.750. The minimum absolute atomic E-state index is 0. The summed E-state index contributed by atoms with van der Waals surface area (Å²) in [6.07, 6.45) is 73.2. The van der Waals surface area contributed by atoms with Gasteiger partial charge >= 0.3 is 48.9 Å². The molecule has 0 fully saturated rings. The van der Waals surface area contributed by atoms with Crippen molar-refractivity contribution in [2.75, 3.05) is 0 Å². The largest absolute Gasteiger partial charge is 2.00 e. The molecule has 0 heterocycles. The van der Waals surface area contributed by atoms with Crippen molar-refractivity contribution in [3.8, 4) is 0 Å². The standard InChI is InChI=1S/2C40H68O3S.Ba/c2*1-3-5-7-9-11-13-15-17-19-21-23-25-27-30-36-34-37(38-32-29-33-40(39(38)35-36)44(41,42)43)31-28-26-24-22-20-18-16-14-12-10-8-6-4-2;/h2*29,32-35H,3-28,30-31H2,1-2H3,(H,41,42,43);/q;;+2/p-2. The molecule has 0 bridgehead atoms. The molecule has 0 N–H and O–H groups in total. The second-order valence-electron chi connectivity index (χ2n) is 27.1. The molecule has 4 aromatic rings. The van der Waals surface area contributed by atoms with Crippen LogP contribution in [0.5, 0.6) is 0 Å². The Bertz CT molecular complexity index is 2370. The molecule has 4 rings (SSSR count). The third-order valence-corrected chi connectivity index (χ3v) is 20.8. The molecule has 89 heavy (non-hydrogen) atoms. The number of rotatable bonds is 58. The van der Waals surface area contributed by atoms with E-state index in [0.29, 0.717) is 10.8 Å². The van der Waals surface area contributed by atoms with Crippen LogP contribution in [0.2, 0.25) is 0 Å². The Kier molecular flexibility index (Phi) is 52.8. The van der Waals surface area contributed by atoms with Crippen LogP contribution in [-0.4, -0.2) is 74.8 Å². The van der Waals surface area contributed by atoms with Crippen molar-refractivity contribution in [3.63, 3.8) is 0 Å². The smallest absolute Gasteiger partial charge is 0.744 e. The molecule has 0 aliphatic rings. The third-order valence-electron chi connectivity index (χ3n) is 19.0. The van der Waals surface area contributed by atoms with Gasteiger partial charge in [-0.1, -0.05) is 372 Å². The van der Waals surface area contributed by atoms with Gasteiger partial charge in [-0.05, 0) is 119 Å². The van der Waals surface area contributed by atoms with Gasteiger partial charge in [0.2, 0.25) is 0 Å². The number of fused-ring (bicyclic) bond motifs is 2. The van der Waals surface area contributed by atoms with Crippen molar-refractivity contribution in [1.29, 1.82) is 0 Å². The van der Waals surface area contributed by atoms with Gasteiger partial charge in [0.1, 0.15) is 20.2 Å². The van der Waals surface area contributed by atoms with Crippen LogP contribution in [0.15, 0.2) is 70.5 Å². The van der Waals surface area contributed by atoms with Crippen molar-refractivity contribution < 1.29 is 25.9 Å². The zero-order valence-corrected chi connectivity index (χ0v) is 64.4. The molecule has 4 aromatic carbocycles. The average molecular weight is 1390 g/mol. The molecule has 0 radical (unpaired) electrons. The van der Waals surface area contributed by atoms with Gasteiger partial charge in [0.15, 0.2) is 0 Å². The van der Waals surface area contributed by atoms with E-state index in [1.54, 1.807) is 12.1 Å². The summed E-state index contributed by atoms with van der Waals surface area (Å²) < 4.78 is 72.5. The van der Waals surface area contributed by atoms with Crippen LogP contribution in [0.3, 0.4) is 0 Å². The van der Waals surface area contributed by atoms with E-state index in [4.69, 9.17) is 0 Å². The van der Waals surface area contributed by atoms with Crippen molar-refractivity contribution in [1.82, 2.24) is 0 Å². The molecule has 0 spiro atoms. The van der Waals surface area contributed by atoms with Gasteiger partial charge in [0, 0.05) is 0 Å². The molecular formula is C80H134BaO6S2. The van der Waals surface area contributed by atoms with Crippen LogP contribution in [0, 0.1) is 0 Å². The first kappa shape index (κ1) is 83.9. The minimum Gasteiger partial charge on any atom is -0.744 e. The van der Waals surface area contributed by atoms with E-state index >= 15 is 0 Å². The Morgan fingerprint density at radius 2 is 0.438 bits per heavy atom. The van der Waals surface area contributed by atoms with Crippen LogP contribution in [0.4, 0.5) is 0 Å². The monoisotopic (exact) mass is 1390 g/mol. The molecule has 0 amide bonds. The Balaban J connectivity index is 0.000000600. The van der Waals surface area contributed by atoms with Gasteiger partial charge in [-0.15, -0.1) is 0 Å². The number of hydrogen-bond acceptors (Lipinski definition) is 6. The summed E-state index contributed by atoms with van der Waals surface area (Å²) in [5, 5.41) is 3.13. The SMILES string of the molecule is CCCCCCCCCCCCCCCc1cc(CCCCCCCCCCCCCCC)c2cccc(S(=O)(=O)[O-])c2c1.CCCCCCCCCCCCCCCc1cc(CCCCCCCCCCCCCCC)c2cccc(S(=O)(=O)[O-])c2c1.[Ba+2]. The number of hydrogen-bond donors (Lipinski definition) is 0. The second kappa shape index (κ2) is 56.0. The second-order valence-corrected chi connectivity index (χ2v) is 29.8. The zero-order valence-electron chi connectivity index (χ0n) is 58.3. The molecule has 0 aliphatic carbocycles. The first-order chi connectivity index (χ1) is 42.9. The first-order valence-corrected chi connectivity index (χ1v) is 40.8. The number of benzene rings is 4. The van der Waals surface area contributed by atoms with Crippen LogP contribution in [0.1, 0.15) is 384 Å². The van der Waals surface area contributed by atoms with E-state index in [2.05, 4.69) is 39.8 Å². The average Bonchev–Trinajstić information content (AvgIpc) is 0.986. The zero-order chi connectivity index (χ0) is 63.4. The molecule has 0 atom stereocenters. The summed E-state index contributed by atoms with van der Waals surface area (Å²) in [6.45, 7) is 9.10. The van der Waals surface area contributed by atoms with Crippen LogP contribution in [-0.2, 0) is 45.9 Å². The Labute approximate surface area is 591 Å². The van der Waals surface area contributed by atoms with E-state index < -0.39 is 20.2 Å². The van der Waals surface area contributed by atoms with E-state index in [9.17, 15) is 25.9 Å². The van der Waals surface area contributed by atoms with Gasteiger partial charge in [0.25, 0.3) is 0 Å². The molecule has 0 unspecified atom stereocenters. The molecule has 0 aliphatic heterocycles. The normalized spacial score (nSPS) is 11.8. The van der Waals surface area contributed by atoms with Gasteiger partial charge in [-0.3, -0.25) is 0 Å². The van der Waals surface area contributed by atoms with Crippen molar-refractivity contribution in [2.24, 2.45) is 0 Å². The third kappa shape index (κ3) is 41.4. The van der Waals surface area contributed by atoms with E-state index in [1.807, 2.05) is 24.3 Å². The number of aryl methyl sites for hydroxylation is 4. The van der Waals surface area contributed by atoms with Crippen molar-refractivity contribution in [2.45, 2.75) is 397 Å². The van der Waals surface area contributed by atoms with E-state index in [0.717, 1.165) is 62.1 Å². The summed E-state index contributed by atoms with van der Waals surface area (Å²) >= 11 is 0. The van der Waals surface area contributed by atoms with E-state index in [-0.39, 0.29) is 58.7 Å². The van der Waals surface area contributed by atoms with Crippen molar-refractivity contribution >= 4 is 90.7 Å². The van der Waals surface area contributed by atoms with E-state index in [1.165, 1.54) is 343 Å². The maximum Gasteiger partial charge on any atom is 2.00 e. The predicted octanol–water partition coefficient (Wildman–Crippen LogP) is 25.6. The summed E-state index contributed by atoms with van der Waals surface area (Å²) in [7, 11) is -9.02. The molecular weight excluding hydrogens is 1260 g/mol. The van der Waals surface area contributed by atoms with Crippen molar-refractivity contribution in [3.05, 3.63) is 82.9 Å². The molecule has 504 valence electrons. The quantitative estimate of drug-likeness (QED) is 0.0247. The van der Waals surface area contributed by atoms with Gasteiger partial charge in [0.05, 0.1) is 9.79 Å². The van der Waals surface area contributed by atoms with Crippen LogP contribution >= 0.6 is 0 Å². The topological polar surface area (TPSA) is 114 Å². The van der Waals surface area contributed by atoms with Gasteiger partial charge in [-0.2, -0.15) is 0 Å². The minimum atomic E-state index is -4.51. The fourth-order valence-electron chi connectivity index (χ4n) is 13.5. The first-order valence-electron chi connectivity index (χ1n) is 37.9. The molecule has 0 aromatic heterocycles. The summed E-state index contributed by atoms with van der Waals surface area (Å²) in [6, 6.07) is 19.0. The van der Waals surface area contributed by atoms with Crippen LogP contribution < -0.4 is 0 Å². The molecule has 9 heteroatoms. The maximum atomic E-state index is 12.1. The summed E-state index contributed by atoms with van der Waals surface area (Å²) in [5.41, 5.74) is 4.78. The van der Waals surface area contributed by atoms with Gasteiger partial charge in [-0.25, -0.2) is 16.8 Å². The molecule has 6 nitrogen and oxygen atoms in total. The molecule has 0 saturated carbocycles. The summed E-state index contributed by atoms with van der Waals surface area (Å²) in [5.74, 6) is 0. The Morgan fingerprint density at radius 3 is 0.640 bits per heavy atom. The fourth-order valence-corrected chi connectivity index (χ4v) is 14.9.